The lowest BCUT2D eigenvalue weighted by molar-refractivity contribution is 0.446. The summed E-state index contributed by atoms with van der Waals surface area (Å²) in [7, 11) is 0. The van der Waals surface area contributed by atoms with Gasteiger partial charge >= 0.3 is 0 Å². The first kappa shape index (κ1) is 9.32. The zero-order valence-electron chi connectivity index (χ0n) is 5.67. The van der Waals surface area contributed by atoms with Crippen molar-refractivity contribution in [3.63, 3.8) is 0 Å². The molecular formula is C7H3ClF4. The maximum absolute atomic E-state index is 12.7. The van der Waals surface area contributed by atoms with Crippen molar-refractivity contribution in [3.05, 3.63) is 34.1 Å². The Morgan fingerprint density at radius 2 is 1.75 bits per heavy atom. The summed E-state index contributed by atoms with van der Waals surface area (Å²) in [6.45, 7) is -1.22. The first-order chi connectivity index (χ1) is 5.57. The number of hydrogen-bond donors (Lipinski definition) is 0. The number of alkyl halides is 1. The molecule has 12 heavy (non-hydrogen) atoms. The van der Waals surface area contributed by atoms with Gasteiger partial charge in [0, 0.05) is 5.56 Å². The summed E-state index contributed by atoms with van der Waals surface area (Å²) in [6, 6.07) is 0.441. The van der Waals surface area contributed by atoms with Crippen LogP contribution >= 0.6 is 11.6 Å². The number of benzene rings is 1. The predicted molar refractivity (Wildman–Crippen MR) is 36.1 cm³/mol. The second kappa shape index (κ2) is 3.31. The van der Waals surface area contributed by atoms with Gasteiger partial charge in [-0.05, 0) is 6.07 Å². The lowest BCUT2D eigenvalue weighted by Crippen LogP contribution is -1.95. The van der Waals surface area contributed by atoms with Crippen LogP contribution in [0.25, 0.3) is 0 Å². The van der Waals surface area contributed by atoms with Gasteiger partial charge in [0.2, 0.25) is 0 Å². The molecule has 1 rings (SSSR count). The Labute approximate surface area is 70.8 Å². The summed E-state index contributed by atoms with van der Waals surface area (Å²) in [5, 5.41) is -1.01. The SMILES string of the molecule is FCc1cc(F)c(F)c(Cl)c1F. The maximum Gasteiger partial charge on any atom is 0.180 e. The molecule has 0 aliphatic heterocycles. The molecule has 0 aromatic heterocycles. The van der Waals surface area contributed by atoms with Crippen molar-refractivity contribution >= 4 is 11.6 Å². The summed E-state index contributed by atoms with van der Waals surface area (Å²) in [4.78, 5) is 0. The van der Waals surface area contributed by atoms with Gasteiger partial charge in [-0.25, -0.2) is 17.6 Å². The van der Waals surface area contributed by atoms with E-state index in [0.717, 1.165) is 0 Å². The second-order valence-electron chi connectivity index (χ2n) is 2.09. The molecule has 0 nitrogen and oxygen atoms in total. The Hall–Kier alpha value is -0.770. The van der Waals surface area contributed by atoms with Crippen LogP contribution in [0, 0.1) is 17.5 Å². The van der Waals surface area contributed by atoms with Gasteiger partial charge in [-0.2, -0.15) is 0 Å². The maximum atomic E-state index is 12.7. The van der Waals surface area contributed by atoms with Crippen molar-refractivity contribution in [2.24, 2.45) is 0 Å². The topological polar surface area (TPSA) is 0 Å². The molecular weight excluding hydrogens is 196 g/mol. The zero-order chi connectivity index (χ0) is 9.30. The van der Waals surface area contributed by atoms with Gasteiger partial charge in [-0.15, -0.1) is 0 Å². The molecule has 0 saturated heterocycles. The van der Waals surface area contributed by atoms with E-state index in [9.17, 15) is 17.6 Å². The van der Waals surface area contributed by atoms with E-state index in [4.69, 9.17) is 11.6 Å². The molecule has 0 spiro atoms. The fraction of sp³-hybridized carbons (Fsp3) is 0.143. The van der Waals surface area contributed by atoms with Crippen molar-refractivity contribution in [1.82, 2.24) is 0 Å². The monoisotopic (exact) mass is 198 g/mol. The zero-order valence-corrected chi connectivity index (χ0v) is 6.43. The first-order valence-corrected chi connectivity index (χ1v) is 3.33. The largest absolute Gasteiger partial charge is 0.246 e. The van der Waals surface area contributed by atoms with Gasteiger partial charge in [0.05, 0.1) is 0 Å². The second-order valence-corrected chi connectivity index (χ2v) is 2.47. The van der Waals surface area contributed by atoms with Crippen LogP contribution in [0.1, 0.15) is 5.56 Å². The molecule has 0 bridgehead atoms. The summed E-state index contributed by atoms with van der Waals surface area (Å²) in [5.41, 5.74) is -0.584. The van der Waals surface area contributed by atoms with Crippen LogP contribution in [0.5, 0.6) is 0 Å². The fourth-order valence-electron chi connectivity index (χ4n) is 0.719. The third kappa shape index (κ3) is 1.39. The van der Waals surface area contributed by atoms with Gasteiger partial charge < -0.3 is 0 Å². The molecule has 5 heteroatoms. The molecule has 0 N–H and O–H groups in total. The molecule has 66 valence electrons. The van der Waals surface area contributed by atoms with Gasteiger partial charge in [-0.3, -0.25) is 0 Å². The van der Waals surface area contributed by atoms with E-state index in [1.54, 1.807) is 0 Å². The van der Waals surface area contributed by atoms with Crippen LogP contribution in [0.2, 0.25) is 5.02 Å². The van der Waals surface area contributed by atoms with Crippen LogP contribution in [0.4, 0.5) is 17.6 Å². The summed E-state index contributed by atoms with van der Waals surface area (Å²) >= 11 is 5.01. The molecule has 1 aromatic carbocycles. The predicted octanol–water partition coefficient (Wildman–Crippen LogP) is 3.23. The Kier molecular flexibility index (Phi) is 2.57. The van der Waals surface area contributed by atoms with E-state index >= 15 is 0 Å². The van der Waals surface area contributed by atoms with Crippen molar-refractivity contribution < 1.29 is 17.6 Å². The third-order valence-corrected chi connectivity index (χ3v) is 1.65. The van der Waals surface area contributed by atoms with Gasteiger partial charge in [0.15, 0.2) is 17.5 Å². The fourth-order valence-corrected chi connectivity index (χ4v) is 0.931. The molecule has 0 amide bonds. The van der Waals surface area contributed by atoms with Crippen LogP contribution in [-0.2, 0) is 6.67 Å². The number of halogens is 5. The van der Waals surface area contributed by atoms with Crippen molar-refractivity contribution in [2.75, 3.05) is 0 Å². The molecule has 0 aliphatic carbocycles. The van der Waals surface area contributed by atoms with Gasteiger partial charge in [0.25, 0.3) is 0 Å². The average Bonchev–Trinajstić information content (AvgIpc) is 2.08. The minimum absolute atomic E-state index is 0.441. The smallest absolute Gasteiger partial charge is 0.180 e. The van der Waals surface area contributed by atoms with Crippen LogP contribution in [0.3, 0.4) is 0 Å². The highest BCUT2D eigenvalue weighted by Gasteiger charge is 2.16. The molecule has 0 radical (unpaired) electrons. The van der Waals surface area contributed by atoms with E-state index in [2.05, 4.69) is 0 Å². The summed E-state index contributed by atoms with van der Waals surface area (Å²) < 4.78 is 49.4. The Morgan fingerprint density at radius 3 is 2.25 bits per heavy atom. The minimum atomic E-state index is -1.49. The highest BCUT2D eigenvalue weighted by Crippen LogP contribution is 2.24. The molecule has 0 heterocycles. The van der Waals surface area contributed by atoms with Gasteiger partial charge in [-0.1, -0.05) is 11.6 Å². The molecule has 1 aromatic rings. The third-order valence-electron chi connectivity index (χ3n) is 1.32. The molecule has 0 aliphatic rings. The van der Waals surface area contributed by atoms with E-state index < -0.39 is 34.7 Å². The molecule has 0 saturated carbocycles. The van der Waals surface area contributed by atoms with Crippen molar-refractivity contribution in [3.8, 4) is 0 Å². The Morgan fingerprint density at radius 1 is 1.17 bits per heavy atom. The molecule has 0 fully saturated rings. The number of rotatable bonds is 1. The highest BCUT2D eigenvalue weighted by atomic mass is 35.5. The summed E-state index contributed by atoms with van der Waals surface area (Å²) in [6.07, 6.45) is 0. The molecule has 0 unspecified atom stereocenters. The average molecular weight is 199 g/mol. The van der Waals surface area contributed by atoms with Crippen molar-refractivity contribution in [2.45, 2.75) is 6.67 Å². The normalized spacial score (nSPS) is 10.4. The first-order valence-electron chi connectivity index (χ1n) is 2.95. The van der Waals surface area contributed by atoms with Crippen LogP contribution in [-0.4, -0.2) is 0 Å². The lowest BCUT2D eigenvalue weighted by atomic mass is 10.2. The lowest BCUT2D eigenvalue weighted by Gasteiger charge is -2.01. The standard InChI is InChI=1S/C7H3ClF4/c8-5-6(11)3(2-9)1-4(10)7(5)12/h1H,2H2. The Bertz CT molecular complexity index is 311. The Balaban J connectivity index is 3.39. The van der Waals surface area contributed by atoms with E-state index in [-0.39, 0.29) is 0 Å². The van der Waals surface area contributed by atoms with Crippen molar-refractivity contribution in [1.29, 1.82) is 0 Å². The van der Waals surface area contributed by atoms with Crippen LogP contribution in [0.15, 0.2) is 6.07 Å². The number of hydrogen-bond acceptors (Lipinski definition) is 0. The quantitative estimate of drug-likeness (QED) is 0.369. The summed E-state index contributed by atoms with van der Waals surface area (Å²) in [5.74, 6) is -4.10. The minimum Gasteiger partial charge on any atom is -0.246 e. The molecule has 0 atom stereocenters. The van der Waals surface area contributed by atoms with E-state index in [1.165, 1.54) is 0 Å². The van der Waals surface area contributed by atoms with Crippen LogP contribution < -0.4 is 0 Å². The van der Waals surface area contributed by atoms with E-state index in [1.807, 2.05) is 0 Å². The van der Waals surface area contributed by atoms with E-state index in [0.29, 0.717) is 6.07 Å². The van der Waals surface area contributed by atoms with Gasteiger partial charge in [0.1, 0.15) is 11.7 Å². The highest BCUT2D eigenvalue weighted by molar-refractivity contribution is 6.30.